The first-order valence-corrected chi connectivity index (χ1v) is 12.0. The van der Waals surface area contributed by atoms with E-state index in [2.05, 4.69) is 12.2 Å². The number of ketones is 1. The molecular formula is C23H45NO10. The second-order valence-corrected chi connectivity index (χ2v) is 7.18. The van der Waals surface area contributed by atoms with E-state index in [0.29, 0.717) is 92.4 Å². The monoisotopic (exact) mass is 495 g/mol. The molecule has 0 saturated heterocycles. The van der Waals surface area contributed by atoms with E-state index in [-0.39, 0.29) is 24.9 Å². The third kappa shape index (κ3) is 28.9. The van der Waals surface area contributed by atoms with Gasteiger partial charge in [-0.15, -0.1) is 0 Å². The standard InChI is InChI=1S/C23H45NO10/c1-3-4-6-27-8-10-29-12-14-31-16-18-33-19-17-32-15-13-30-11-9-28-7-5-24-23(26)21-34-20-22(2)25/h3-21H2,1-2H3,(H,24,26). The molecule has 0 atom stereocenters. The molecule has 0 aliphatic heterocycles. The zero-order valence-corrected chi connectivity index (χ0v) is 21.0. The van der Waals surface area contributed by atoms with Crippen molar-refractivity contribution in [2.24, 2.45) is 0 Å². The number of nitrogens with one attached hydrogen (secondary N) is 1. The molecule has 0 heterocycles. The van der Waals surface area contributed by atoms with Crippen LogP contribution in [0.15, 0.2) is 0 Å². The van der Waals surface area contributed by atoms with Crippen molar-refractivity contribution in [1.82, 2.24) is 5.32 Å². The third-order valence-corrected chi connectivity index (χ3v) is 3.98. The predicted octanol–water partition coefficient (Wildman–Crippen LogP) is 0.625. The number of hydrogen-bond acceptors (Lipinski definition) is 10. The van der Waals surface area contributed by atoms with Crippen molar-refractivity contribution in [1.29, 1.82) is 0 Å². The van der Waals surface area contributed by atoms with Gasteiger partial charge in [0.1, 0.15) is 13.2 Å². The maximum Gasteiger partial charge on any atom is 0.246 e. The number of carbonyl (C=O) groups excluding carboxylic acids is 2. The van der Waals surface area contributed by atoms with Crippen LogP contribution in [-0.2, 0) is 47.5 Å². The highest BCUT2D eigenvalue weighted by Crippen LogP contribution is 1.88. The lowest BCUT2D eigenvalue weighted by Crippen LogP contribution is -2.31. The fraction of sp³-hybridized carbons (Fsp3) is 0.913. The number of carbonyl (C=O) groups is 2. The van der Waals surface area contributed by atoms with Crippen molar-refractivity contribution in [3.05, 3.63) is 0 Å². The number of unbranched alkanes of at least 4 members (excludes halogenated alkanes) is 1. The minimum atomic E-state index is -0.279. The first kappa shape index (κ1) is 32.8. The van der Waals surface area contributed by atoms with Crippen LogP contribution in [0, 0.1) is 0 Å². The topological polar surface area (TPSA) is 120 Å². The van der Waals surface area contributed by atoms with Gasteiger partial charge in [-0.25, -0.2) is 0 Å². The summed E-state index contributed by atoms with van der Waals surface area (Å²) in [6.45, 7) is 11.1. The summed E-state index contributed by atoms with van der Waals surface area (Å²) < 4.78 is 42.7. The number of rotatable bonds is 28. The Kier molecular flexibility index (Phi) is 27.1. The van der Waals surface area contributed by atoms with E-state index in [1.165, 1.54) is 6.92 Å². The molecule has 0 fully saturated rings. The SMILES string of the molecule is CCCCOCCOCCOCCOCCOCCOCCOCCNC(=O)COCC(C)=O. The molecule has 0 unspecified atom stereocenters. The third-order valence-electron chi connectivity index (χ3n) is 3.98. The van der Waals surface area contributed by atoms with Gasteiger partial charge >= 0.3 is 0 Å². The Labute approximate surface area is 204 Å². The molecule has 11 nitrogen and oxygen atoms in total. The van der Waals surface area contributed by atoms with Crippen molar-refractivity contribution in [2.45, 2.75) is 26.7 Å². The maximum absolute atomic E-state index is 11.4. The lowest BCUT2D eigenvalue weighted by atomic mass is 10.4. The summed E-state index contributed by atoms with van der Waals surface area (Å²) in [5, 5.41) is 2.63. The predicted molar refractivity (Wildman–Crippen MR) is 125 cm³/mol. The molecule has 202 valence electrons. The minimum absolute atomic E-state index is 0.0559. The van der Waals surface area contributed by atoms with Gasteiger partial charge in [0, 0.05) is 13.2 Å². The van der Waals surface area contributed by atoms with E-state index in [4.69, 9.17) is 37.9 Å². The molecular weight excluding hydrogens is 450 g/mol. The molecule has 0 spiro atoms. The largest absolute Gasteiger partial charge is 0.379 e. The van der Waals surface area contributed by atoms with E-state index in [0.717, 1.165) is 19.4 Å². The van der Waals surface area contributed by atoms with E-state index >= 15 is 0 Å². The number of hydrogen-bond donors (Lipinski definition) is 1. The van der Waals surface area contributed by atoms with Crippen LogP contribution in [0.4, 0.5) is 0 Å². The number of ether oxygens (including phenoxy) is 8. The first-order chi connectivity index (χ1) is 16.7. The molecule has 0 aromatic rings. The van der Waals surface area contributed by atoms with Crippen molar-refractivity contribution in [3.63, 3.8) is 0 Å². The van der Waals surface area contributed by atoms with Gasteiger partial charge in [0.2, 0.25) is 5.91 Å². The van der Waals surface area contributed by atoms with Crippen molar-refractivity contribution in [3.8, 4) is 0 Å². The van der Waals surface area contributed by atoms with Crippen molar-refractivity contribution < 1.29 is 47.5 Å². The van der Waals surface area contributed by atoms with Crippen LogP contribution in [0.25, 0.3) is 0 Å². The van der Waals surface area contributed by atoms with Gasteiger partial charge in [-0.1, -0.05) is 13.3 Å². The number of amides is 1. The lowest BCUT2D eigenvalue weighted by molar-refractivity contribution is -0.129. The van der Waals surface area contributed by atoms with Crippen LogP contribution in [-0.4, -0.2) is 124 Å². The van der Waals surface area contributed by atoms with Gasteiger partial charge in [0.15, 0.2) is 5.78 Å². The van der Waals surface area contributed by atoms with Crippen molar-refractivity contribution in [2.75, 3.05) is 112 Å². The summed E-state index contributed by atoms with van der Waals surface area (Å²) in [5.41, 5.74) is 0. The second-order valence-electron chi connectivity index (χ2n) is 7.18. The van der Waals surface area contributed by atoms with Gasteiger partial charge in [-0.2, -0.15) is 0 Å². The summed E-state index contributed by atoms with van der Waals surface area (Å²) in [4.78, 5) is 22.1. The van der Waals surface area contributed by atoms with Crippen LogP contribution in [0.5, 0.6) is 0 Å². The average Bonchev–Trinajstić information content (AvgIpc) is 2.81. The first-order valence-electron chi connectivity index (χ1n) is 12.0. The molecule has 0 aromatic heterocycles. The van der Waals surface area contributed by atoms with Crippen molar-refractivity contribution >= 4 is 11.7 Å². The highest BCUT2D eigenvalue weighted by molar-refractivity contribution is 5.79. The van der Waals surface area contributed by atoms with Gasteiger partial charge in [0.05, 0.1) is 85.9 Å². The highest BCUT2D eigenvalue weighted by atomic mass is 16.6. The van der Waals surface area contributed by atoms with Crippen LogP contribution in [0.3, 0.4) is 0 Å². The molecule has 0 aromatic carbocycles. The zero-order valence-electron chi connectivity index (χ0n) is 21.0. The van der Waals surface area contributed by atoms with E-state index in [9.17, 15) is 9.59 Å². The van der Waals surface area contributed by atoms with Crippen LogP contribution in [0.1, 0.15) is 26.7 Å². The Morgan fingerprint density at radius 2 is 0.912 bits per heavy atom. The zero-order chi connectivity index (χ0) is 25.0. The molecule has 34 heavy (non-hydrogen) atoms. The number of Topliss-reactive ketones (excluding diaryl/α,β-unsaturated/α-hetero) is 1. The molecule has 0 saturated carbocycles. The van der Waals surface area contributed by atoms with E-state index in [1.54, 1.807) is 0 Å². The quantitative estimate of drug-likeness (QED) is 0.155. The maximum atomic E-state index is 11.4. The van der Waals surface area contributed by atoms with Gasteiger partial charge in [0.25, 0.3) is 0 Å². The fourth-order valence-corrected chi connectivity index (χ4v) is 2.27. The Bertz CT molecular complexity index is 453. The van der Waals surface area contributed by atoms with Gasteiger partial charge in [-0.3, -0.25) is 9.59 Å². The molecule has 0 aliphatic rings. The Balaban J connectivity index is 3.09. The molecule has 11 heteroatoms. The smallest absolute Gasteiger partial charge is 0.246 e. The summed E-state index contributed by atoms with van der Waals surface area (Å²) in [6.07, 6.45) is 2.23. The van der Waals surface area contributed by atoms with E-state index < -0.39 is 0 Å². The normalized spacial score (nSPS) is 11.1. The Hall–Kier alpha value is -1.18. The molecule has 0 aliphatic carbocycles. The van der Waals surface area contributed by atoms with Gasteiger partial charge < -0.3 is 43.2 Å². The van der Waals surface area contributed by atoms with Crippen LogP contribution >= 0.6 is 0 Å². The summed E-state index contributed by atoms with van der Waals surface area (Å²) in [6, 6.07) is 0. The molecule has 0 bridgehead atoms. The molecule has 0 radical (unpaired) electrons. The highest BCUT2D eigenvalue weighted by Gasteiger charge is 2.01. The minimum Gasteiger partial charge on any atom is -0.379 e. The fourth-order valence-electron chi connectivity index (χ4n) is 2.27. The Morgan fingerprint density at radius 3 is 1.29 bits per heavy atom. The summed E-state index contributed by atoms with van der Waals surface area (Å²) in [7, 11) is 0. The summed E-state index contributed by atoms with van der Waals surface area (Å²) in [5.74, 6) is -0.396. The average molecular weight is 496 g/mol. The Morgan fingerprint density at radius 1 is 0.529 bits per heavy atom. The second kappa shape index (κ2) is 28.1. The lowest BCUT2D eigenvalue weighted by Gasteiger charge is -2.09. The van der Waals surface area contributed by atoms with Crippen LogP contribution in [0.2, 0.25) is 0 Å². The van der Waals surface area contributed by atoms with Crippen LogP contribution < -0.4 is 5.32 Å². The summed E-state index contributed by atoms with van der Waals surface area (Å²) >= 11 is 0. The molecule has 1 amide bonds. The van der Waals surface area contributed by atoms with Gasteiger partial charge in [-0.05, 0) is 13.3 Å². The molecule has 1 N–H and O–H groups in total. The van der Waals surface area contributed by atoms with E-state index in [1.807, 2.05) is 0 Å². The molecule has 0 rings (SSSR count).